The second-order valence-corrected chi connectivity index (χ2v) is 6.29. The molecule has 2 amide bonds. The first-order valence-corrected chi connectivity index (χ1v) is 8.34. The molecular weight excluding hydrogens is 346 g/mol. The van der Waals surface area contributed by atoms with E-state index in [2.05, 4.69) is 0 Å². The van der Waals surface area contributed by atoms with Crippen LogP contribution in [-0.2, 0) is 9.59 Å². The molecule has 0 radical (unpaired) electrons. The van der Waals surface area contributed by atoms with Gasteiger partial charge < -0.3 is 20.1 Å². The number of likely N-dealkylation sites (N-methyl/N-ethyl adjacent to an activating group) is 1. The van der Waals surface area contributed by atoms with Gasteiger partial charge in [-0.1, -0.05) is 12.1 Å². The van der Waals surface area contributed by atoms with E-state index in [1.165, 1.54) is 9.80 Å². The van der Waals surface area contributed by atoms with Gasteiger partial charge in [-0.25, -0.2) is 0 Å². The average molecular weight is 367 g/mol. The lowest BCUT2D eigenvalue weighted by Crippen LogP contribution is -2.43. The number of benzene rings is 2. The number of hydrogen-bond acceptors (Lipinski definition) is 5. The molecule has 0 bridgehead atoms. The number of carbonyl (C=O) groups excluding carboxylic acids is 2. The molecule has 1 heterocycles. The van der Waals surface area contributed by atoms with Crippen LogP contribution in [0.3, 0.4) is 0 Å². The van der Waals surface area contributed by atoms with E-state index in [-0.39, 0.29) is 18.2 Å². The average Bonchev–Trinajstić information content (AvgIpc) is 2.64. The maximum Gasteiger partial charge on any atom is 0.294 e. The maximum atomic E-state index is 13.0. The van der Waals surface area contributed by atoms with Crippen molar-refractivity contribution in [2.75, 3.05) is 38.4 Å². The second kappa shape index (κ2) is 7.41. The molecule has 7 heteroatoms. The number of nitrogens with zero attached hydrogens (tertiary/aromatic N) is 2. The molecule has 0 atom stereocenters. The van der Waals surface area contributed by atoms with Crippen LogP contribution < -0.4 is 20.1 Å². The molecule has 2 N–H and O–H groups in total. The van der Waals surface area contributed by atoms with E-state index in [9.17, 15) is 9.59 Å². The number of methoxy groups -OCH3 is 1. The van der Waals surface area contributed by atoms with Gasteiger partial charge in [-0.05, 0) is 35.9 Å². The van der Waals surface area contributed by atoms with Crippen LogP contribution in [0.25, 0.3) is 6.08 Å². The molecular formula is C20H21N3O4. The Hall–Kier alpha value is -3.48. The number of amides is 2. The fourth-order valence-electron chi connectivity index (χ4n) is 2.65. The van der Waals surface area contributed by atoms with Crippen molar-refractivity contribution >= 4 is 29.3 Å². The monoisotopic (exact) mass is 367 g/mol. The standard InChI is InChI=1S/C20H21N3O4/c1-22(2)19(24)12-23-16-8-7-14(21)11-17(16)27-18(20(23)25)10-13-5-4-6-15(9-13)26-3/h4-11H,12,21H2,1-3H3/b18-10+. The Bertz CT molecular complexity index is 921. The van der Waals surface area contributed by atoms with Gasteiger partial charge in [-0.2, -0.15) is 0 Å². The van der Waals surface area contributed by atoms with Crippen LogP contribution in [0.2, 0.25) is 0 Å². The molecule has 7 nitrogen and oxygen atoms in total. The number of carbonyl (C=O) groups is 2. The van der Waals surface area contributed by atoms with Crippen LogP contribution in [0.15, 0.2) is 48.2 Å². The Morgan fingerprint density at radius 3 is 2.74 bits per heavy atom. The maximum absolute atomic E-state index is 13.0. The summed E-state index contributed by atoms with van der Waals surface area (Å²) in [5, 5.41) is 0. The highest BCUT2D eigenvalue weighted by Crippen LogP contribution is 2.37. The van der Waals surface area contributed by atoms with Gasteiger partial charge in [-0.15, -0.1) is 0 Å². The summed E-state index contributed by atoms with van der Waals surface area (Å²) in [6, 6.07) is 12.2. The summed E-state index contributed by atoms with van der Waals surface area (Å²) >= 11 is 0. The predicted octanol–water partition coefficient (Wildman–Crippen LogP) is 2.13. The number of nitrogens with two attached hydrogens (primary N) is 1. The first kappa shape index (κ1) is 18.3. The highest BCUT2D eigenvalue weighted by atomic mass is 16.5. The van der Waals surface area contributed by atoms with E-state index >= 15 is 0 Å². The number of ether oxygens (including phenoxy) is 2. The summed E-state index contributed by atoms with van der Waals surface area (Å²) in [7, 11) is 4.86. The van der Waals surface area contributed by atoms with E-state index in [1.807, 2.05) is 18.2 Å². The number of hydrogen-bond donors (Lipinski definition) is 1. The first-order chi connectivity index (χ1) is 12.9. The van der Waals surface area contributed by atoms with Crippen molar-refractivity contribution in [2.24, 2.45) is 0 Å². The summed E-state index contributed by atoms with van der Waals surface area (Å²) in [5.74, 6) is 0.596. The molecule has 2 aromatic carbocycles. The summed E-state index contributed by atoms with van der Waals surface area (Å²) in [6.07, 6.45) is 1.62. The SMILES string of the molecule is COc1cccc(/C=C2/Oc3cc(N)ccc3N(CC(=O)N(C)C)C2=O)c1. The van der Waals surface area contributed by atoms with Crippen LogP contribution in [0, 0.1) is 0 Å². The van der Waals surface area contributed by atoms with E-state index in [1.54, 1.807) is 51.5 Å². The highest BCUT2D eigenvalue weighted by Gasteiger charge is 2.32. The van der Waals surface area contributed by atoms with Crippen LogP contribution in [0.5, 0.6) is 11.5 Å². The van der Waals surface area contributed by atoms with Gasteiger partial charge in [0.15, 0.2) is 11.5 Å². The van der Waals surface area contributed by atoms with Crippen molar-refractivity contribution in [1.82, 2.24) is 4.90 Å². The second-order valence-electron chi connectivity index (χ2n) is 6.29. The Labute approximate surface area is 157 Å². The zero-order chi connectivity index (χ0) is 19.6. The minimum Gasteiger partial charge on any atom is -0.497 e. The quantitative estimate of drug-likeness (QED) is 0.661. The Kier molecular flexibility index (Phi) is 5.03. The largest absolute Gasteiger partial charge is 0.497 e. The lowest BCUT2D eigenvalue weighted by atomic mass is 10.1. The van der Waals surface area contributed by atoms with Crippen molar-refractivity contribution in [3.63, 3.8) is 0 Å². The molecule has 3 rings (SSSR count). The first-order valence-electron chi connectivity index (χ1n) is 8.34. The van der Waals surface area contributed by atoms with Gasteiger partial charge in [0.1, 0.15) is 12.3 Å². The van der Waals surface area contributed by atoms with Gasteiger partial charge in [0.25, 0.3) is 5.91 Å². The molecule has 0 saturated heterocycles. The molecule has 1 aliphatic heterocycles. The van der Waals surface area contributed by atoms with Crippen molar-refractivity contribution in [3.05, 3.63) is 53.8 Å². The Morgan fingerprint density at radius 2 is 2.04 bits per heavy atom. The van der Waals surface area contributed by atoms with Gasteiger partial charge in [0.05, 0.1) is 12.8 Å². The smallest absolute Gasteiger partial charge is 0.294 e. The molecule has 0 saturated carbocycles. The number of rotatable bonds is 4. The topological polar surface area (TPSA) is 85.1 Å². The zero-order valence-corrected chi connectivity index (χ0v) is 15.4. The minimum atomic E-state index is -0.398. The Morgan fingerprint density at radius 1 is 1.26 bits per heavy atom. The lowest BCUT2D eigenvalue weighted by molar-refractivity contribution is -0.129. The summed E-state index contributed by atoms with van der Waals surface area (Å²) < 4.78 is 11.0. The third-order valence-corrected chi connectivity index (χ3v) is 4.13. The van der Waals surface area contributed by atoms with Gasteiger partial charge in [0.2, 0.25) is 5.91 Å². The van der Waals surface area contributed by atoms with E-state index in [0.29, 0.717) is 22.9 Å². The molecule has 0 fully saturated rings. The molecule has 0 aromatic heterocycles. The van der Waals surface area contributed by atoms with Crippen LogP contribution >= 0.6 is 0 Å². The van der Waals surface area contributed by atoms with Gasteiger partial charge in [0, 0.05) is 25.8 Å². The minimum absolute atomic E-state index is 0.0957. The molecule has 2 aromatic rings. The number of nitrogen functional groups attached to an aromatic ring is 1. The van der Waals surface area contributed by atoms with E-state index in [0.717, 1.165) is 5.56 Å². The van der Waals surface area contributed by atoms with Gasteiger partial charge in [-0.3, -0.25) is 14.5 Å². The van der Waals surface area contributed by atoms with Crippen molar-refractivity contribution in [1.29, 1.82) is 0 Å². The zero-order valence-electron chi connectivity index (χ0n) is 15.4. The molecule has 0 spiro atoms. The van der Waals surface area contributed by atoms with Crippen molar-refractivity contribution in [3.8, 4) is 11.5 Å². The van der Waals surface area contributed by atoms with Crippen LogP contribution in [0.1, 0.15) is 5.56 Å². The number of anilines is 2. The van der Waals surface area contributed by atoms with Crippen molar-refractivity contribution < 1.29 is 19.1 Å². The highest BCUT2D eigenvalue weighted by molar-refractivity contribution is 6.12. The molecule has 140 valence electrons. The molecule has 27 heavy (non-hydrogen) atoms. The fraction of sp³-hybridized carbons (Fsp3) is 0.200. The van der Waals surface area contributed by atoms with E-state index < -0.39 is 5.91 Å². The van der Waals surface area contributed by atoms with Gasteiger partial charge >= 0.3 is 0 Å². The lowest BCUT2D eigenvalue weighted by Gasteiger charge is -2.31. The third-order valence-electron chi connectivity index (χ3n) is 4.13. The number of fused-ring (bicyclic) bond motifs is 1. The normalized spacial score (nSPS) is 14.6. The van der Waals surface area contributed by atoms with Crippen molar-refractivity contribution in [2.45, 2.75) is 0 Å². The summed E-state index contributed by atoms with van der Waals surface area (Å²) in [6.45, 7) is -0.0957. The van der Waals surface area contributed by atoms with Crippen LogP contribution in [0.4, 0.5) is 11.4 Å². The summed E-state index contributed by atoms with van der Waals surface area (Å²) in [5.41, 5.74) is 7.60. The predicted molar refractivity (Wildman–Crippen MR) is 104 cm³/mol. The molecule has 0 aliphatic carbocycles. The molecule has 1 aliphatic rings. The fourth-order valence-corrected chi connectivity index (χ4v) is 2.65. The van der Waals surface area contributed by atoms with Crippen LogP contribution in [-0.4, -0.2) is 44.5 Å². The molecule has 0 unspecified atom stereocenters. The Balaban J connectivity index is 2.03. The third kappa shape index (κ3) is 3.87. The van der Waals surface area contributed by atoms with E-state index in [4.69, 9.17) is 15.2 Å². The summed E-state index contributed by atoms with van der Waals surface area (Å²) in [4.78, 5) is 28.0.